The Balaban J connectivity index is 1.25. The molecular weight excluding hydrogens is 599 g/mol. The van der Waals surface area contributed by atoms with Crippen LogP contribution in [-0.2, 0) is 5.41 Å². The molecule has 0 N–H and O–H groups in total. The van der Waals surface area contributed by atoms with Gasteiger partial charge in [-0.1, -0.05) is 80.6 Å². The number of nitrogens with zero attached hydrogens (tertiary/aromatic N) is 5. The summed E-state index contributed by atoms with van der Waals surface area (Å²) in [6.45, 7) is 4.90. The van der Waals surface area contributed by atoms with Crippen molar-refractivity contribution in [2.24, 2.45) is 17.8 Å². The van der Waals surface area contributed by atoms with Crippen LogP contribution in [0.4, 0.5) is 0 Å². The van der Waals surface area contributed by atoms with Crippen LogP contribution in [0.5, 0.6) is 0 Å². The van der Waals surface area contributed by atoms with E-state index in [0.717, 1.165) is 51.1 Å². The third kappa shape index (κ3) is 6.27. The molecule has 0 saturated heterocycles. The topological polar surface area (TPSA) is 75.3 Å². The zero-order chi connectivity index (χ0) is 33.4. The summed E-state index contributed by atoms with van der Waals surface area (Å²) in [5, 5.41) is 9.60. The minimum Gasteiger partial charge on any atom is -0.265 e. The maximum Gasteiger partial charge on any atom is 0.164 e. The summed E-state index contributed by atoms with van der Waals surface area (Å²) in [6, 6.07) is 39.8. The molecule has 2 unspecified atom stereocenters. The number of hydrogen-bond donors (Lipinski definition) is 0. The summed E-state index contributed by atoms with van der Waals surface area (Å²) in [5.74, 6) is 4.10. The Morgan fingerprint density at radius 3 is 1.78 bits per heavy atom. The number of pyridine rings is 1. The highest BCUT2D eigenvalue weighted by atomic mass is 15.0. The number of nitriles is 1. The van der Waals surface area contributed by atoms with Gasteiger partial charge in [-0.15, -0.1) is 0 Å². The first-order valence-electron chi connectivity index (χ1n) is 17.4. The van der Waals surface area contributed by atoms with Crippen LogP contribution in [0, 0.1) is 29.1 Å². The predicted molar refractivity (Wildman–Crippen MR) is 196 cm³/mol. The van der Waals surface area contributed by atoms with Crippen LogP contribution >= 0.6 is 0 Å². The zero-order valence-corrected chi connectivity index (χ0v) is 28.1. The largest absolute Gasteiger partial charge is 0.265 e. The second kappa shape index (κ2) is 12.9. The van der Waals surface area contributed by atoms with Crippen molar-refractivity contribution in [3.63, 3.8) is 0 Å². The van der Waals surface area contributed by atoms with Crippen molar-refractivity contribution in [1.82, 2.24) is 19.9 Å². The van der Waals surface area contributed by atoms with Gasteiger partial charge in [-0.3, -0.25) is 4.98 Å². The van der Waals surface area contributed by atoms with Crippen molar-refractivity contribution in [3.05, 3.63) is 133 Å². The molecule has 2 saturated carbocycles. The van der Waals surface area contributed by atoms with Crippen molar-refractivity contribution in [3.8, 4) is 62.5 Å². The molecule has 2 heterocycles. The molecule has 0 radical (unpaired) electrons. The molecule has 5 nitrogen and oxygen atoms in total. The van der Waals surface area contributed by atoms with E-state index in [2.05, 4.69) is 67.4 Å². The Hall–Kier alpha value is -5.47. The molecule has 2 aliphatic carbocycles. The molecule has 49 heavy (non-hydrogen) atoms. The van der Waals surface area contributed by atoms with Gasteiger partial charge >= 0.3 is 0 Å². The van der Waals surface area contributed by atoms with Crippen LogP contribution in [0.2, 0.25) is 0 Å². The summed E-state index contributed by atoms with van der Waals surface area (Å²) in [5.41, 5.74) is 9.34. The number of fused-ring (bicyclic) bond motifs is 2. The van der Waals surface area contributed by atoms with Gasteiger partial charge in [-0.25, -0.2) is 15.0 Å². The molecule has 8 rings (SSSR count). The molecular formula is C44H39N5. The van der Waals surface area contributed by atoms with E-state index in [1.54, 1.807) is 6.07 Å². The van der Waals surface area contributed by atoms with E-state index in [9.17, 15) is 5.26 Å². The molecule has 0 aliphatic heterocycles. The first kappa shape index (κ1) is 30.8. The van der Waals surface area contributed by atoms with E-state index in [0.29, 0.717) is 28.5 Å². The molecule has 240 valence electrons. The monoisotopic (exact) mass is 637 g/mol. The van der Waals surface area contributed by atoms with Gasteiger partial charge in [0.15, 0.2) is 17.5 Å². The smallest absolute Gasteiger partial charge is 0.164 e. The van der Waals surface area contributed by atoms with Crippen molar-refractivity contribution in [2.75, 3.05) is 0 Å². The van der Waals surface area contributed by atoms with Crippen LogP contribution in [0.25, 0.3) is 56.4 Å². The van der Waals surface area contributed by atoms with Crippen LogP contribution in [0.15, 0.2) is 122 Å². The van der Waals surface area contributed by atoms with Crippen LogP contribution in [0.1, 0.15) is 57.1 Å². The second-order valence-electron chi connectivity index (χ2n) is 14.4. The van der Waals surface area contributed by atoms with Crippen LogP contribution < -0.4 is 0 Å². The van der Waals surface area contributed by atoms with Gasteiger partial charge < -0.3 is 0 Å². The molecule has 4 atom stereocenters. The highest BCUT2D eigenvalue weighted by molar-refractivity contribution is 5.80. The van der Waals surface area contributed by atoms with E-state index in [-0.39, 0.29) is 0 Å². The average Bonchev–Trinajstić information content (AvgIpc) is 3.14. The van der Waals surface area contributed by atoms with E-state index in [1.807, 2.05) is 73.1 Å². The molecule has 0 amide bonds. The molecule has 4 aromatic carbocycles. The highest BCUT2D eigenvalue weighted by Gasteiger charge is 2.45. The quantitative estimate of drug-likeness (QED) is 0.182. The van der Waals surface area contributed by atoms with E-state index >= 15 is 0 Å². The fourth-order valence-corrected chi connectivity index (χ4v) is 8.79. The molecule has 6 aromatic rings. The third-order valence-electron chi connectivity index (χ3n) is 10.6. The number of aromatic nitrogens is 4. The lowest BCUT2D eigenvalue weighted by Gasteiger charge is -2.50. The van der Waals surface area contributed by atoms with Crippen molar-refractivity contribution < 1.29 is 0 Å². The van der Waals surface area contributed by atoms with E-state index < -0.39 is 0 Å². The summed E-state index contributed by atoms with van der Waals surface area (Å²) in [7, 11) is 0. The first-order chi connectivity index (χ1) is 23.9. The van der Waals surface area contributed by atoms with Gasteiger partial charge in [0.2, 0.25) is 0 Å². The van der Waals surface area contributed by atoms with Gasteiger partial charge in [-0.2, -0.15) is 5.26 Å². The van der Waals surface area contributed by atoms with Gasteiger partial charge in [0, 0.05) is 29.1 Å². The van der Waals surface area contributed by atoms with E-state index in [4.69, 9.17) is 15.0 Å². The summed E-state index contributed by atoms with van der Waals surface area (Å²) < 4.78 is 0. The lowest BCUT2D eigenvalue weighted by Crippen LogP contribution is -2.42. The highest BCUT2D eigenvalue weighted by Crippen LogP contribution is 2.54. The molecule has 2 fully saturated rings. The fourth-order valence-electron chi connectivity index (χ4n) is 8.79. The standard InChI is InChI=1S/C44H39N5/c1-29-19-32-20-30(2)26-44(25-29,27-32)40-13-11-33(12-14-40)37-22-38(34-15-17-46-18-16-34)24-39(23-37)43-48-41(35-8-4-3-5-9-35)47-42(49-43)36-10-6-7-31(21-36)28-45/h3-18,21-24,29-30,32H,19-20,25-27H2,1-2H3/t29-,30+,32?,44?. The lowest BCUT2D eigenvalue weighted by atomic mass is 9.54. The number of rotatable bonds is 6. The zero-order valence-electron chi connectivity index (χ0n) is 28.1. The van der Waals surface area contributed by atoms with Crippen LogP contribution in [0.3, 0.4) is 0 Å². The Morgan fingerprint density at radius 2 is 1.12 bits per heavy atom. The molecule has 2 aromatic heterocycles. The fraction of sp³-hybridized carbons (Fsp3) is 0.250. The average molecular weight is 638 g/mol. The summed E-state index contributed by atoms with van der Waals surface area (Å²) in [6.07, 6.45) is 10.3. The maximum absolute atomic E-state index is 9.60. The Kier molecular flexibility index (Phi) is 8.09. The summed E-state index contributed by atoms with van der Waals surface area (Å²) in [4.78, 5) is 19.2. The Labute approximate surface area is 288 Å². The molecule has 5 heteroatoms. The van der Waals surface area contributed by atoms with Crippen LogP contribution in [-0.4, -0.2) is 19.9 Å². The maximum atomic E-state index is 9.60. The normalized spacial score (nSPS) is 21.5. The van der Waals surface area contributed by atoms with Gasteiger partial charge in [0.05, 0.1) is 11.6 Å². The Morgan fingerprint density at radius 1 is 0.551 bits per heavy atom. The van der Waals surface area contributed by atoms with Gasteiger partial charge in [0.25, 0.3) is 0 Å². The minimum atomic E-state index is 0.292. The predicted octanol–water partition coefficient (Wildman–Crippen LogP) is 10.6. The van der Waals surface area contributed by atoms with Crippen molar-refractivity contribution in [2.45, 2.75) is 51.4 Å². The van der Waals surface area contributed by atoms with Crippen molar-refractivity contribution in [1.29, 1.82) is 5.26 Å². The summed E-state index contributed by atoms with van der Waals surface area (Å²) >= 11 is 0. The first-order valence-corrected chi connectivity index (χ1v) is 17.4. The molecule has 2 bridgehead atoms. The second-order valence-corrected chi connectivity index (χ2v) is 14.4. The van der Waals surface area contributed by atoms with Gasteiger partial charge in [0.1, 0.15) is 0 Å². The van der Waals surface area contributed by atoms with Crippen molar-refractivity contribution >= 4 is 0 Å². The molecule has 0 spiro atoms. The SMILES string of the molecule is C[C@@H]1CC2C[C@H](C)CC(c3ccc(-c4cc(-c5ccncc5)cc(-c5nc(-c6ccccc6)nc(-c6cccc(C#N)c6)n5)c4)cc3)(C2)C1. The minimum absolute atomic E-state index is 0.292. The lowest BCUT2D eigenvalue weighted by molar-refractivity contribution is 0.0780. The number of benzene rings is 4. The Bertz CT molecular complexity index is 2130. The molecule has 2 aliphatic rings. The third-order valence-corrected chi connectivity index (χ3v) is 10.6. The number of hydrogen-bond acceptors (Lipinski definition) is 5. The van der Waals surface area contributed by atoms with E-state index in [1.165, 1.54) is 43.2 Å². The van der Waals surface area contributed by atoms with Gasteiger partial charge in [-0.05, 0) is 126 Å².